The lowest BCUT2D eigenvalue weighted by molar-refractivity contribution is 0.246. The van der Waals surface area contributed by atoms with Crippen LogP contribution in [0.25, 0.3) is 0 Å². The molecule has 15 heavy (non-hydrogen) atoms. The van der Waals surface area contributed by atoms with E-state index in [2.05, 4.69) is 0 Å². The maximum Gasteiger partial charge on any atom is 0.181 e. The molecule has 0 saturated heterocycles. The first-order valence-corrected chi connectivity index (χ1v) is 4.55. The second kappa shape index (κ2) is 5.23. The average molecular weight is 207 g/mol. The monoisotopic (exact) mass is 207 g/mol. The Morgan fingerprint density at radius 2 is 2.27 bits per heavy atom. The number of hydrogen-bond donors (Lipinski definition) is 1. The van der Waals surface area contributed by atoms with Gasteiger partial charge in [-0.05, 0) is 25.1 Å². The number of methoxy groups -OCH3 is 1. The van der Waals surface area contributed by atoms with Gasteiger partial charge in [0.1, 0.15) is 17.6 Å². The molecule has 1 aromatic carbocycles. The van der Waals surface area contributed by atoms with Gasteiger partial charge in [-0.15, -0.1) is 0 Å². The van der Waals surface area contributed by atoms with Gasteiger partial charge in [-0.25, -0.2) is 0 Å². The first-order chi connectivity index (χ1) is 7.21. The van der Waals surface area contributed by atoms with Crippen molar-refractivity contribution in [2.45, 2.75) is 19.6 Å². The number of nitriles is 1. The van der Waals surface area contributed by atoms with Crippen molar-refractivity contribution in [1.29, 1.82) is 5.26 Å². The van der Waals surface area contributed by atoms with E-state index in [-0.39, 0.29) is 6.61 Å². The quantitative estimate of drug-likeness (QED) is 0.812. The van der Waals surface area contributed by atoms with Crippen molar-refractivity contribution in [2.24, 2.45) is 0 Å². The Morgan fingerprint density at radius 3 is 2.80 bits per heavy atom. The van der Waals surface area contributed by atoms with Crippen LogP contribution in [-0.4, -0.2) is 18.3 Å². The van der Waals surface area contributed by atoms with Crippen LogP contribution in [0.5, 0.6) is 11.5 Å². The summed E-state index contributed by atoms with van der Waals surface area (Å²) in [6, 6.07) is 7.04. The Morgan fingerprint density at radius 1 is 1.53 bits per heavy atom. The molecule has 1 N–H and O–H groups in total. The van der Waals surface area contributed by atoms with E-state index < -0.39 is 6.10 Å². The second-order valence-electron chi connectivity index (χ2n) is 3.02. The largest absolute Gasteiger partial charge is 0.497 e. The molecule has 0 aliphatic rings. The van der Waals surface area contributed by atoms with Crippen LogP contribution in [0, 0.1) is 11.3 Å². The van der Waals surface area contributed by atoms with E-state index in [1.165, 1.54) is 0 Å². The van der Waals surface area contributed by atoms with Crippen molar-refractivity contribution in [2.75, 3.05) is 7.11 Å². The van der Waals surface area contributed by atoms with Crippen LogP contribution in [0.15, 0.2) is 18.2 Å². The van der Waals surface area contributed by atoms with Gasteiger partial charge in [0.25, 0.3) is 0 Å². The SMILES string of the molecule is COc1ccc(OC(C)C#N)c(CO)c1. The minimum Gasteiger partial charge on any atom is -0.497 e. The van der Waals surface area contributed by atoms with Crippen molar-refractivity contribution >= 4 is 0 Å². The summed E-state index contributed by atoms with van der Waals surface area (Å²) in [5, 5.41) is 17.7. The topological polar surface area (TPSA) is 62.5 Å². The number of aliphatic hydroxyl groups excluding tert-OH is 1. The van der Waals surface area contributed by atoms with Crippen molar-refractivity contribution < 1.29 is 14.6 Å². The van der Waals surface area contributed by atoms with Gasteiger partial charge in [-0.2, -0.15) is 5.26 Å². The third-order valence-corrected chi connectivity index (χ3v) is 1.92. The number of nitrogens with zero attached hydrogens (tertiary/aromatic N) is 1. The van der Waals surface area contributed by atoms with Crippen molar-refractivity contribution in [1.82, 2.24) is 0 Å². The fourth-order valence-electron chi connectivity index (χ4n) is 1.14. The van der Waals surface area contributed by atoms with Gasteiger partial charge in [0.2, 0.25) is 0 Å². The molecule has 4 heteroatoms. The van der Waals surface area contributed by atoms with Crippen LogP contribution in [0.2, 0.25) is 0 Å². The molecule has 0 fully saturated rings. The van der Waals surface area contributed by atoms with Crippen molar-refractivity contribution in [3.63, 3.8) is 0 Å². The molecule has 0 heterocycles. The Hall–Kier alpha value is -1.73. The molecular formula is C11H13NO3. The second-order valence-corrected chi connectivity index (χ2v) is 3.02. The highest BCUT2D eigenvalue weighted by molar-refractivity contribution is 5.40. The highest BCUT2D eigenvalue weighted by Gasteiger charge is 2.08. The van der Waals surface area contributed by atoms with Gasteiger partial charge in [-0.3, -0.25) is 0 Å². The lowest BCUT2D eigenvalue weighted by Crippen LogP contribution is -2.09. The van der Waals surface area contributed by atoms with E-state index in [0.717, 1.165) is 0 Å². The maximum absolute atomic E-state index is 9.11. The molecule has 0 spiro atoms. The molecular weight excluding hydrogens is 194 g/mol. The smallest absolute Gasteiger partial charge is 0.181 e. The molecule has 0 radical (unpaired) electrons. The fourth-order valence-corrected chi connectivity index (χ4v) is 1.14. The zero-order valence-electron chi connectivity index (χ0n) is 8.73. The van der Waals surface area contributed by atoms with E-state index in [0.29, 0.717) is 17.1 Å². The Kier molecular flexibility index (Phi) is 3.95. The predicted molar refractivity (Wildman–Crippen MR) is 54.6 cm³/mol. The van der Waals surface area contributed by atoms with Crippen LogP contribution in [0.1, 0.15) is 12.5 Å². The summed E-state index contributed by atoms with van der Waals surface area (Å²) in [5.41, 5.74) is 0.608. The van der Waals surface area contributed by atoms with Gasteiger partial charge in [0.15, 0.2) is 6.10 Å². The summed E-state index contributed by atoms with van der Waals surface area (Å²) in [5.74, 6) is 1.16. The van der Waals surface area contributed by atoms with Gasteiger partial charge >= 0.3 is 0 Å². The third kappa shape index (κ3) is 2.86. The van der Waals surface area contributed by atoms with E-state index in [9.17, 15) is 0 Å². The zero-order chi connectivity index (χ0) is 11.3. The minimum atomic E-state index is -0.538. The van der Waals surface area contributed by atoms with Crippen molar-refractivity contribution in [3.8, 4) is 17.6 Å². The molecule has 1 unspecified atom stereocenters. The van der Waals surface area contributed by atoms with Crippen LogP contribution in [0.3, 0.4) is 0 Å². The van der Waals surface area contributed by atoms with Crippen LogP contribution < -0.4 is 9.47 Å². The molecule has 4 nitrogen and oxygen atoms in total. The van der Waals surface area contributed by atoms with Gasteiger partial charge in [0, 0.05) is 5.56 Å². The zero-order valence-corrected chi connectivity index (χ0v) is 8.73. The molecule has 0 bridgehead atoms. The summed E-state index contributed by atoms with van der Waals surface area (Å²) >= 11 is 0. The number of rotatable bonds is 4. The first-order valence-electron chi connectivity index (χ1n) is 4.55. The lowest BCUT2D eigenvalue weighted by atomic mass is 10.2. The predicted octanol–water partition coefficient (Wildman–Crippen LogP) is 1.48. The molecule has 80 valence electrons. The molecule has 1 atom stereocenters. The van der Waals surface area contributed by atoms with E-state index in [1.807, 2.05) is 6.07 Å². The van der Waals surface area contributed by atoms with Crippen molar-refractivity contribution in [3.05, 3.63) is 23.8 Å². The molecule has 1 aromatic rings. The third-order valence-electron chi connectivity index (χ3n) is 1.92. The standard InChI is InChI=1S/C11H13NO3/c1-8(6-12)15-11-4-3-10(14-2)5-9(11)7-13/h3-5,8,13H,7H2,1-2H3. The van der Waals surface area contributed by atoms with E-state index >= 15 is 0 Å². The Labute approximate surface area is 88.7 Å². The van der Waals surface area contributed by atoms with Gasteiger partial charge < -0.3 is 14.6 Å². The lowest BCUT2D eigenvalue weighted by Gasteiger charge is -2.12. The summed E-state index contributed by atoms with van der Waals surface area (Å²) in [6.45, 7) is 1.50. The molecule has 1 rings (SSSR count). The number of ether oxygens (including phenoxy) is 2. The number of hydrogen-bond acceptors (Lipinski definition) is 4. The molecule has 0 saturated carbocycles. The molecule has 0 aliphatic heterocycles. The normalized spacial score (nSPS) is 11.6. The summed E-state index contributed by atoms with van der Waals surface area (Å²) in [7, 11) is 1.55. The molecule has 0 amide bonds. The Balaban J connectivity index is 2.93. The van der Waals surface area contributed by atoms with Crippen LogP contribution in [-0.2, 0) is 6.61 Å². The highest BCUT2D eigenvalue weighted by Crippen LogP contribution is 2.24. The Bertz CT molecular complexity index is 371. The molecule has 0 aliphatic carbocycles. The number of aliphatic hydroxyl groups is 1. The number of benzene rings is 1. The summed E-state index contributed by atoms with van der Waals surface area (Å²) < 4.78 is 10.3. The van der Waals surface area contributed by atoms with Gasteiger partial charge in [0.05, 0.1) is 13.7 Å². The maximum atomic E-state index is 9.11. The van der Waals surface area contributed by atoms with E-state index in [1.54, 1.807) is 32.2 Å². The molecule has 0 aromatic heterocycles. The summed E-state index contributed by atoms with van der Waals surface area (Å²) in [4.78, 5) is 0. The summed E-state index contributed by atoms with van der Waals surface area (Å²) in [6.07, 6.45) is -0.538. The fraction of sp³-hybridized carbons (Fsp3) is 0.364. The average Bonchev–Trinajstić information content (AvgIpc) is 2.29. The highest BCUT2D eigenvalue weighted by atomic mass is 16.5. The van der Waals surface area contributed by atoms with E-state index in [4.69, 9.17) is 19.8 Å². The van der Waals surface area contributed by atoms with Crippen LogP contribution >= 0.6 is 0 Å². The first kappa shape index (κ1) is 11.3. The van der Waals surface area contributed by atoms with Gasteiger partial charge in [-0.1, -0.05) is 0 Å². The van der Waals surface area contributed by atoms with Crippen LogP contribution in [0.4, 0.5) is 0 Å². The minimum absolute atomic E-state index is 0.148.